The normalized spacial score (nSPS) is 19.3. The fourth-order valence-corrected chi connectivity index (χ4v) is 8.60. The van der Waals surface area contributed by atoms with Gasteiger partial charge in [-0.25, -0.2) is 14.6 Å². The molecule has 6 N–H and O–H groups in total. The van der Waals surface area contributed by atoms with Gasteiger partial charge in [0.25, 0.3) is 5.91 Å². The van der Waals surface area contributed by atoms with Gasteiger partial charge in [0.1, 0.15) is 34.3 Å². The van der Waals surface area contributed by atoms with Crippen LogP contribution in [0.5, 0.6) is 11.5 Å². The van der Waals surface area contributed by atoms with Crippen molar-refractivity contribution in [3.05, 3.63) is 76.3 Å². The first-order valence-electron chi connectivity index (χ1n) is 24.3. The molecule has 0 bridgehead atoms. The molecule has 3 aromatic rings. The summed E-state index contributed by atoms with van der Waals surface area (Å²) in [6.45, 7) is 15.3. The lowest BCUT2D eigenvalue weighted by Gasteiger charge is -2.40. The molecule has 3 aliphatic heterocycles. The highest BCUT2D eigenvalue weighted by Crippen LogP contribution is 2.32. The molecule has 0 unspecified atom stereocenters. The second-order valence-electron chi connectivity index (χ2n) is 20.5. The number of amides is 3. The zero-order valence-corrected chi connectivity index (χ0v) is 42.5. The van der Waals surface area contributed by atoms with Gasteiger partial charge >= 0.3 is 12.2 Å². The van der Waals surface area contributed by atoms with Gasteiger partial charge in [0.05, 0.1) is 24.3 Å². The number of carbonyl (C=O) groups is 3. The molecule has 386 valence electrons. The number of hydrogen-bond donors (Lipinski definition) is 5. The lowest BCUT2D eigenvalue weighted by Crippen LogP contribution is -2.54. The molecule has 2 aromatic carbocycles. The highest BCUT2D eigenvalue weighted by molar-refractivity contribution is 5.95. The van der Waals surface area contributed by atoms with Gasteiger partial charge in [0.15, 0.2) is 13.6 Å². The summed E-state index contributed by atoms with van der Waals surface area (Å²) in [7, 11) is 5.22. The Bertz CT molecular complexity index is 2220. The van der Waals surface area contributed by atoms with Crippen LogP contribution in [0.3, 0.4) is 0 Å². The molecule has 4 atom stereocenters. The number of fused-ring (bicyclic) bond motifs is 2. The maximum Gasteiger partial charge on any atom is 0.410 e. The molecule has 4 aliphatic rings. The lowest BCUT2D eigenvalue weighted by molar-refractivity contribution is -0.0116. The number of pyridine rings is 1. The Morgan fingerprint density at radius 2 is 1.26 bits per heavy atom. The molecule has 7 rings (SSSR count). The number of methoxy groups -OCH3 is 2. The number of aromatic nitrogens is 1. The Kier molecular flexibility index (Phi) is 18.6. The highest BCUT2D eigenvalue weighted by Gasteiger charge is 2.39. The summed E-state index contributed by atoms with van der Waals surface area (Å²) in [6.07, 6.45) is 1.45. The molecule has 4 heterocycles. The number of nitrogens with zero attached hydrogens (tertiary/aromatic N) is 5. The van der Waals surface area contributed by atoms with E-state index in [0.717, 1.165) is 67.1 Å². The number of likely N-dealkylation sites (N-methyl/N-ethyl adjacent to an activating group) is 1. The second kappa shape index (κ2) is 24.1. The fraction of sp³-hybridized carbons (Fsp3) is 0.608. The van der Waals surface area contributed by atoms with E-state index in [-0.39, 0.29) is 39.1 Å². The highest BCUT2D eigenvalue weighted by atomic mass is 16.7. The van der Waals surface area contributed by atoms with Gasteiger partial charge in [-0.15, -0.1) is 0 Å². The van der Waals surface area contributed by atoms with Crippen LogP contribution in [0.15, 0.2) is 48.5 Å². The van der Waals surface area contributed by atoms with Crippen molar-refractivity contribution in [1.29, 1.82) is 0 Å². The van der Waals surface area contributed by atoms with E-state index in [0.29, 0.717) is 48.3 Å². The quantitative estimate of drug-likeness (QED) is 0.128. The van der Waals surface area contributed by atoms with Gasteiger partial charge in [-0.05, 0) is 139 Å². The summed E-state index contributed by atoms with van der Waals surface area (Å²) in [4.78, 5) is 51.9. The average Bonchev–Trinajstić information content (AvgIpc) is 3.30. The third kappa shape index (κ3) is 15.0. The summed E-state index contributed by atoms with van der Waals surface area (Å²) in [6, 6.07) is 14.3. The summed E-state index contributed by atoms with van der Waals surface area (Å²) in [5.74, 6) is 2.46. The standard InChI is InChI=1S/C33H48N6O6.C18H28N2O5/c1-33(2,3)45-32(42)39-20-24-15-26(44-21-43-5)10-9-22(24)16-27(39)28(40)19-34-31(41)23-17-29(35-25-7-6-8-25)36-30(18-23)38-13-11-37(4)12-14-38;1-18(2,3)25-17(22)20-10-13-7-14(24-11-23-4)6-5-12(13)8-15(20)16(21)9-19/h9-10,15,17-18,25,27-28,40H,6-8,11-14,16,19-21H2,1-5H3,(H,34,41)(H,35,36);5-7,15-16,21H,8-11,19H2,1-4H3/t27-,28+;15-,16+/m00/s1. The van der Waals surface area contributed by atoms with Gasteiger partial charge in [-0.2, -0.15) is 0 Å². The fourth-order valence-electron chi connectivity index (χ4n) is 8.60. The van der Waals surface area contributed by atoms with Crippen LogP contribution >= 0.6 is 0 Å². The summed E-state index contributed by atoms with van der Waals surface area (Å²) < 4.78 is 32.2. The lowest BCUT2D eigenvalue weighted by atomic mass is 9.91. The number of hydrogen-bond acceptors (Lipinski definition) is 16. The minimum Gasteiger partial charge on any atom is -0.468 e. The molecule has 1 aromatic heterocycles. The molecular weight excluding hydrogens is 901 g/mol. The van der Waals surface area contributed by atoms with Crippen molar-refractivity contribution in [2.75, 3.05) is 84.3 Å². The number of benzene rings is 2. The van der Waals surface area contributed by atoms with E-state index in [1.165, 1.54) is 6.42 Å². The average molecular weight is 977 g/mol. The van der Waals surface area contributed by atoms with Crippen LogP contribution in [0.25, 0.3) is 0 Å². The topological polar surface area (TPSA) is 223 Å². The molecule has 0 radical (unpaired) electrons. The molecule has 19 heteroatoms. The Morgan fingerprint density at radius 3 is 1.71 bits per heavy atom. The first-order valence-corrected chi connectivity index (χ1v) is 24.3. The zero-order valence-electron chi connectivity index (χ0n) is 42.5. The second-order valence-corrected chi connectivity index (χ2v) is 20.5. The van der Waals surface area contributed by atoms with Crippen molar-refractivity contribution in [2.24, 2.45) is 5.73 Å². The number of carbonyl (C=O) groups excluding carboxylic acids is 3. The molecule has 3 amide bonds. The van der Waals surface area contributed by atoms with Crippen molar-refractivity contribution in [3.63, 3.8) is 0 Å². The smallest absolute Gasteiger partial charge is 0.410 e. The van der Waals surface area contributed by atoms with Gasteiger partial charge in [-0.1, -0.05) is 12.1 Å². The molecule has 1 aliphatic carbocycles. The number of aliphatic hydroxyl groups is 2. The van der Waals surface area contributed by atoms with E-state index in [4.69, 9.17) is 39.1 Å². The Hall–Kier alpha value is -5.44. The van der Waals surface area contributed by atoms with Gasteiger partial charge in [-0.3, -0.25) is 14.6 Å². The first kappa shape index (κ1) is 53.9. The number of anilines is 2. The van der Waals surface area contributed by atoms with Crippen molar-refractivity contribution in [3.8, 4) is 11.5 Å². The monoisotopic (exact) mass is 977 g/mol. The van der Waals surface area contributed by atoms with E-state index in [1.807, 2.05) is 84.0 Å². The maximum absolute atomic E-state index is 13.5. The number of nitrogens with one attached hydrogen (secondary N) is 2. The van der Waals surface area contributed by atoms with E-state index >= 15 is 0 Å². The molecule has 2 fully saturated rings. The van der Waals surface area contributed by atoms with Crippen LogP contribution in [0.2, 0.25) is 0 Å². The van der Waals surface area contributed by atoms with Crippen LogP contribution in [0.4, 0.5) is 21.2 Å². The molecule has 70 heavy (non-hydrogen) atoms. The first-order chi connectivity index (χ1) is 33.2. The zero-order chi connectivity index (χ0) is 50.8. The van der Waals surface area contributed by atoms with Crippen molar-refractivity contribution >= 4 is 29.7 Å². The Labute approximate surface area is 412 Å². The Morgan fingerprint density at radius 1 is 0.743 bits per heavy atom. The summed E-state index contributed by atoms with van der Waals surface area (Å²) in [5.41, 5.74) is 8.70. The third-order valence-electron chi connectivity index (χ3n) is 12.6. The SMILES string of the molecule is COCOc1ccc2c(c1)CN(C(=O)OC(C)(C)C)[C@H]([C@H](O)CN)C2.COCOc1ccc2c(c1)CN(C(=O)OC(C)(C)C)[C@H]([C@H](O)CNC(=O)c1cc(NC3CCC3)nc(N3CCN(C)CC3)c1)C2. The van der Waals surface area contributed by atoms with Gasteiger partial charge in [0.2, 0.25) is 0 Å². The van der Waals surface area contributed by atoms with Gasteiger partial charge < -0.3 is 64.8 Å². The van der Waals surface area contributed by atoms with Gasteiger partial charge in [0, 0.05) is 78.2 Å². The van der Waals surface area contributed by atoms with Crippen LogP contribution in [-0.4, -0.2) is 164 Å². The number of aliphatic hydroxyl groups excluding tert-OH is 2. The van der Waals surface area contributed by atoms with Crippen molar-refractivity contribution in [1.82, 2.24) is 25.0 Å². The van der Waals surface area contributed by atoms with E-state index < -0.39 is 47.7 Å². The number of ether oxygens (including phenoxy) is 6. The van der Waals surface area contributed by atoms with Crippen LogP contribution in [0, 0.1) is 0 Å². The van der Waals surface area contributed by atoms with Crippen molar-refractivity contribution in [2.45, 2.75) is 128 Å². The molecule has 1 saturated carbocycles. The molecule has 0 spiro atoms. The van der Waals surface area contributed by atoms with Crippen molar-refractivity contribution < 1.29 is 53.0 Å². The molecule has 19 nitrogen and oxygen atoms in total. The molecule has 1 saturated heterocycles. The molecular formula is C51H76N8O11. The maximum atomic E-state index is 13.5. The minimum atomic E-state index is -1.04. The van der Waals surface area contributed by atoms with Crippen LogP contribution < -0.4 is 30.7 Å². The number of piperazine rings is 1. The Balaban J connectivity index is 0.000000272. The number of nitrogens with two attached hydrogens (primary N) is 1. The summed E-state index contributed by atoms with van der Waals surface area (Å²) in [5, 5.41) is 28.1. The van der Waals surface area contributed by atoms with E-state index in [9.17, 15) is 24.6 Å². The van der Waals surface area contributed by atoms with E-state index in [1.54, 1.807) is 30.1 Å². The predicted octanol–water partition coefficient (Wildman–Crippen LogP) is 4.88. The van der Waals surface area contributed by atoms with E-state index in [2.05, 4.69) is 27.5 Å². The largest absolute Gasteiger partial charge is 0.468 e. The van der Waals surface area contributed by atoms with Crippen LogP contribution in [-0.2, 0) is 44.9 Å². The van der Waals surface area contributed by atoms with Crippen LogP contribution in [0.1, 0.15) is 93.4 Å². The third-order valence-corrected chi connectivity index (χ3v) is 12.6. The summed E-state index contributed by atoms with van der Waals surface area (Å²) >= 11 is 0. The number of rotatable bonds is 15. The minimum absolute atomic E-state index is 0.0370. The predicted molar refractivity (Wildman–Crippen MR) is 265 cm³/mol.